The number of amides is 1. The zero-order valence-corrected chi connectivity index (χ0v) is 17.0. The van der Waals surface area contributed by atoms with Crippen LogP contribution in [0.15, 0.2) is 36.4 Å². The summed E-state index contributed by atoms with van der Waals surface area (Å²) in [5.41, 5.74) is 1.53. The molecule has 0 radical (unpaired) electrons. The van der Waals surface area contributed by atoms with E-state index in [2.05, 4.69) is 16.3 Å². The van der Waals surface area contributed by atoms with Crippen molar-refractivity contribution in [3.05, 3.63) is 52.8 Å². The van der Waals surface area contributed by atoms with Crippen LogP contribution in [0.4, 0.5) is 10.1 Å². The van der Waals surface area contributed by atoms with Crippen molar-refractivity contribution in [2.24, 2.45) is 0 Å². The summed E-state index contributed by atoms with van der Waals surface area (Å²) >= 11 is 6.05. The van der Waals surface area contributed by atoms with Crippen LogP contribution >= 0.6 is 11.6 Å². The van der Waals surface area contributed by atoms with Gasteiger partial charge in [0.05, 0.1) is 30.0 Å². The second-order valence-electron chi connectivity index (χ2n) is 7.44. The van der Waals surface area contributed by atoms with Crippen LogP contribution in [0, 0.1) is 5.82 Å². The van der Waals surface area contributed by atoms with Gasteiger partial charge in [-0.05, 0) is 62.2 Å². The first-order valence-corrected chi connectivity index (χ1v) is 10.3. The first-order valence-electron chi connectivity index (χ1n) is 9.94. The Bertz CT molecular complexity index is 908. The number of hydrogen-bond acceptors (Lipinski definition) is 4. The average Bonchev–Trinajstić information content (AvgIpc) is 3.08. The van der Waals surface area contributed by atoms with Crippen LogP contribution in [0.5, 0.6) is 11.5 Å². The molecule has 1 amide bonds. The molecule has 2 aromatic rings. The van der Waals surface area contributed by atoms with Gasteiger partial charge in [0.25, 0.3) is 0 Å². The summed E-state index contributed by atoms with van der Waals surface area (Å²) in [4.78, 5) is 15.0. The lowest BCUT2D eigenvalue weighted by molar-refractivity contribution is -0.121. The lowest BCUT2D eigenvalue weighted by atomic mass is 10.0. The number of rotatable bonds is 4. The molecule has 1 fully saturated rings. The number of halogens is 2. The Morgan fingerprint density at radius 3 is 2.76 bits per heavy atom. The van der Waals surface area contributed by atoms with E-state index < -0.39 is 5.82 Å². The fourth-order valence-corrected chi connectivity index (χ4v) is 4.19. The third-order valence-electron chi connectivity index (χ3n) is 5.52. The maximum Gasteiger partial charge on any atom is 0.241 e. The van der Waals surface area contributed by atoms with E-state index in [9.17, 15) is 9.18 Å². The molecule has 5 nitrogen and oxygen atoms in total. The highest BCUT2D eigenvalue weighted by Crippen LogP contribution is 2.39. The summed E-state index contributed by atoms with van der Waals surface area (Å²) in [5.74, 6) is 0.935. The molecule has 2 aliphatic rings. The van der Waals surface area contributed by atoms with Crippen molar-refractivity contribution in [1.82, 2.24) is 4.90 Å². The number of benzene rings is 2. The number of fused-ring (bicyclic) bond motifs is 1. The van der Waals surface area contributed by atoms with Crippen LogP contribution in [0.1, 0.15) is 37.8 Å². The second kappa shape index (κ2) is 8.59. The number of ether oxygens (including phenoxy) is 2. The van der Waals surface area contributed by atoms with Gasteiger partial charge in [-0.2, -0.15) is 0 Å². The number of likely N-dealkylation sites (tertiary alicyclic amines) is 1. The second-order valence-corrected chi connectivity index (χ2v) is 7.85. The van der Waals surface area contributed by atoms with Crippen LogP contribution in [-0.4, -0.2) is 36.6 Å². The largest absolute Gasteiger partial charge is 0.490 e. The lowest BCUT2D eigenvalue weighted by Gasteiger charge is -2.30. The van der Waals surface area contributed by atoms with Crippen molar-refractivity contribution in [3.8, 4) is 11.5 Å². The van der Waals surface area contributed by atoms with Gasteiger partial charge < -0.3 is 14.8 Å². The molecule has 0 saturated carbocycles. The number of carbonyl (C=O) groups excluding carboxylic acids is 1. The van der Waals surface area contributed by atoms with E-state index in [1.165, 1.54) is 18.2 Å². The van der Waals surface area contributed by atoms with Gasteiger partial charge >= 0.3 is 0 Å². The molecule has 7 heteroatoms. The van der Waals surface area contributed by atoms with Crippen LogP contribution in [0.2, 0.25) is 5.02 Å². The number of nitrogens with zero attached hydrogens (tertiary/aromatic N) is 1. The van der Waals surface area contributed by atoms with Crippen molar-refractivity contribution in [1.29, 1.82) is 0 Å². The quantitative estimate of drug-likeness (QED) is 0.774. The van der Waals surface area contributed by atoms with E-state index in [1.807, 2.05) is 19.1 Å². The number of carbonyl (C=O) groups is 1. The van der Waals surface area contributed by atoms with E-state index >= 15 is 0 Å². The fraction of sp³-hybridized carbons (Fsp3) is 0.409. The smallest absolute Gasteiger partial charge is 0.241 e. The Kier molecular flexibility index (Phi) is 5.92. The zero-order chi connectivity index (χ0) is 20.4. The van der Waals surface area contributed by atoms with Crippen LogP contribution < -0.4 is 14.8 Å². The normalized spacial score (nSPS) is 20.2. The molecule has 0 aliphatic carbocycles. The molecule has 2 atom stereocenters. The van der Waals surface area contributed by atoms with Crippen molar-refractivity contribution in [2.45, 2.75) is 38.3 Å². The molecule has 0 spiro atoms. The third kappa shape index (κ3) is 4.33. The zero-order valence-electron chi connectivity index (χ0n) is 16.3. The molecule has 0 aromatic heterocycles. The molecule has 2 aliphatic heterocycles. The summed E-state index contributed by atoms with van der Waals surface area (Å²) < 4.78 is 24.8. The summed E-state index contributed by atoms with van der Waals surface area (Å²) in [6.45, 7) is 4.01. The standard InChI is InChI=1S/C22H24ClFN2O3/c1-14(22(27)25-18-7-6-16(24)13-17(18)23)26-9-2-4-19(26)15-5-8-20-21(12-15)29-11-3-10-28-20/h5-8,12-14,19H,2-4,9-11H2,1H3,(H,25,27)/t14-,19+/m0/s1. The molecular formula is C22H24ClFN2O3. The van der Waals surface area contributed by atoms with Crippen LogP contribution in [0.25, 0.3) is 0 Å². The van der Waals surface area contributed by atoms with Crippen molar-refractivity contribution >= 4 is 23.2 Å². The van der Waals surface area contributed by atoms with Gasteiger partial charge in [-0.1, -0.05) is 17.7 Å². The predicted molar refractivity (Wildman–Crippen MR) is 110 cm³/mol. The van der Waals surface area contributed by atoms with Crippen molar-refractivity contribution in [3.63, 3.8) is 0 Å². The minimum Gasteiger partial charge on any atom is -0.490 e. The maximum absolute atomic E-state index is 13.2. The van der Waals surface area contributed by atoms with E-state index in [4.69, 9.17) is 21.1 Å². The summed E-state index contributed by atoms with van der Waals surface area (Å²) in [7, 11) is 0. The van der Waals surface area contributed by atoms with Crippen LogP contribution in [0.3, 0.4) is 0 Å². The van der Waals surface area contributed by atoms with Gasteiger partial charge in [0.15, 0.2) is 11.5 Å². The monoisotopic (exact) mass is 418 g/mol. The first-order chi connectivity index (χ1) is 14.0. The highest BCUT2D eigenvalue weighted by Gasteiger charge is 2.33. The van der Waals surface area contributed by atoms with Crippen molar-refractivity contribution < 1.29 is 18.7 Å². The number of nitrogens with one attached hydrogen (secondary N) is 1. The van der Waals surface area contributed by atoms with Gasteiger partial charge in [-0.3, -0.25) is 9.69 Å². The summed E-state index contributed by atoms with van der Waals surface area (Å²) in [6, 6.07) is 9.75. The Labute approximate surface area is 174 Å². The minimum absolute atomic E-state index is 0.122. The maximum atomic E-state index is 13.2. The molecule has 2 aromatic carbocycles. The van der Waals surface area contributed by atoms with Crippen LogP contribution in [-0.2, 0) is 4.79 Å². The Morgan fingerprint density at radius 2 is 1.97 bits per heavy atom. The number of hydrogen-bond donors (Lipinski definition) is 1. The number of anilines is 1. The summed E-state index contributed by atoms with van der Waals surface area (Å²) in [5, 5.41) is 3.01. The topological polar surface area (TPSA) is 50.8 Å². The molecule has 1 saturated heterocycles. The lowest BCUT2D eigenvalue weighted by Crippen LogP contribution is -2.41. The highest BCUT2D eigenvalue weighted by molar-refractivity contribution is 6.33. The van der Waals surface area contributed by atoms with Gasteiger partial charge in [-0.15, -0.1) is 0 Å². The van der Waals surface area contributed by atoms with Gasteiger partial charge in [-0.25, -0.2) is 4.39 Å². The van der Waals surface area contributed by atoms with Gasteiger partial charge in [0.2, 0.25) is 5.91 Å². The van der Waals surface area contributed by atoms with Gasteiger partial charge in [0.1, 0.15) is 5.82 Å². The Morgan fingerprint density at radius 1 is 1.17 bits per heavy atom. The molecule has 2 heterocycles. The Balaban J connectivity index is 1.50. The molecule has 0 unspecified atom stereocenters. The molecule has 29 heavy (non-hydrogen) atoms. The predicted octanol–water partition coefficient (Wildman–Crippen LogP) is 4.80. The third-order valence-corrected chi connectivity index (χ3v) is 5.83. The van der Waals surface area contributed by atoms with E-state index in [-0.39, 0.29) is 23.0 Å². The fourth-order valence-electron chi connectivity index (χ4n) is 3.98. The van der Waals surface area contributed by atoms with E-state index in [0.717, 1.165) is 42.9 Å². The van der Waals surface area contributed by atoms with E-state index in [0.29, 0.717) is 18.9 Å². The Hall–Kier alpha value is -2.31. The summed E-state index contributed by atoms with van der Waals surface area (Å²) in [6.07, 6.45) is 2.84. The SMILES string of the molecule is C[C@@H](C(=O)Nc1ccc(F)cc1Cl)N1CCC[C@@H]1c1ccc2c(c1)OCCCO2. The molecule has 0 bridgehead atoms. The highest BCUT2D eigenvalue weighted by atomic mass is 35.5. The van der Waals surface area contributed by atoms with Crippen molar-refractivity contribution in [2.75, 3.05) is 25.1 Å². The molecule has 1 N–H and O–H groups in total. The van der Waals surface area contributed by atoms with Gasteiger partial charge in [0, 0.05) is 12.5 Å². The molecular weight excluding hydrogens is 395 g/mol. The van der Waals surface area contributed by atoms with E-state index in [1.54, 1.807) is 0 Å². The average molecular weight is 419 g/mol. The molecule has 154 valence electrons. The molecule has 4 rings (SSSR count). The first kappa shape index (κ1) is 20.0. The minimum atomic E-state index is -0.435.